The average Bonchev–Trinajstić information content (AvgIpc) is 2.84. The molecule has 0 saturated heterocycles. The molecule has 2 amide bonds. The topological polar surface area (TPSA) is 86.8 Å². The molecule has 0 aliphatic carbocycles. The van der Waals surface area contributed by atoms with Crippen molar-refractivity contribution in [2.75, 3.05) is 27.6 Å². The van der Waals surface area contributed by atoms with E-state index in [1.807, 2.05) is 0 Å². The highest BCUT2D eigenvalue weighted by Gasteiger charge is 2.32. The quantitative estimate of drug-likeness (QED) is 0.814. The minimum Gasteiger partial charge on any atom is -0.324 e. The van der Waals surface area contributed by atoms with Crippen LogP contribution < -0.4 is 14.5 Å². The molecule has 29 heavy (non-hydrogen) atoms. The number of carbonyl (C=O) groups excluding carboxylic acids is 2. The lowest BCUT2D eigenvalue weighted by atomic mass is 10.0. The summed E-state index contributed by atoms with van der Waals surface area (Å²) in [7, 11) is -4.04. The van der Waals surface area contributed by atoms with Crippen molar-refractivity contribution in [1.29, 1.82) is 0 Å². The Morgan fingerprint density at radius 3 is 2.62 bits per heavy atom. The highest BCUT2D eigenvalue weighted by atomic mass is 32.2. The lowest BCUT2D eigenvalue weighted by Gasteiger charge is -2.30. The zero-order valence-electron chi connectivity index (χ0n) is 15.8. The minimum absolute atomic E-state index is 0.0222. The first-order valence-corrected chi connectivity index (χ1v) is 10.7. The number of halogens is 1. The van der Waals surface area contributed by atoms with E-state index in [-0.39, 0.29) is 41.1 Å². The maximum Gasteiger partial charge on any atom is 0.264 e. The Balaban J connectivity index is 1.81. The van der Waals surface area contributed by atoms with E-state index in [1.54, 1.807) is 11.0 Å². The van der Waals surface area contributed by atoms with Crippen LogP contribution in [0.5, 0.6) is 0 Å². The molecule has 9 heteroatoms. The highest BCUT2D eigenvalue weighted by Crippen LogP contribution is 2.36. The molecule has 0 bridgehead atoms. The number of hydrogen-bond donors (Lipinski definition) is 1. The molecule has 0 radical (unpaired) electrons. The van der Waals surface area contributed by atoms with Crippen molar-refractivity contribution in [1.82, 2.24) is 0 Å². The summed E-state index contributed by atoms with van der Waals surface area (Å²) < 4.78 is 41.7. The number of nitrogens with zero attached hydrogens (tertiary/aromatic N) is 2. The third-order valence-corrected chi connectivity index (χ3v) is 7.00. The van der Waals surface area contributed by atoms with E-state index in [1.165, 1.54) is 25.1 Å². The fourth-order valence-electron chi connectivity index (χ4n) is 3.78. The van der Waals surface area contributed by atoms with E-state index >= 15 is 0 Å². The first-order chi connectivity index (χ1) is 13.8. The van der Waals surface area contributed by atoms with Crippen LogP contribution in [0.2, 0.25) is 0 Å². The standard InChI is InChI=1S/C20H20FN3O4S/c1-13(25)23-9-2-3-14-4-6-16(12-19(14)23)29(27,28)24-10-8-20(26)22-17-11-15(21)5-7-18(17)24/h4-7,11-12H,2-3,8-10H2,1H3,(H,22,26). The fraction of sp³-hybridized carbons (Fsp3) is 0.300. The van der Waals surface area contributed by atoms with Crippen LogP contribution in [0.1, 0.15) is 25.3 Å². The van der Waals surface area contributed by atoms with Crippen LogP contribution in [0.4, 0.5) is 21.5 Å². The summed E-state index contributed by atoms with van der Waals surface area (Å²) in [4.78, 5) is 25.6. The lowest BCUT2D eigenvalue weighted by Crippen LogP contribution is -2.35. The van der Waals surface area contributed by atoms with Gasteiger partial charge in [0.2, 0.25) is 11.8 Å². The van der Waals surface area contributed by atoms with Gasteiger partial charge in [0.25, 0.3) is 10.0 Å². The molecule has 0 spiro atoms. The summed E-state index contributed by atoms with van der Waals surface area (Å²) in [6.07, 6.45) is 1.53. The van der Waals surface area contributed by atoms with E-state index < -0.39 is 15.8 Å². The summed E-state index contributed by atoms with van der Waals surface area (Å²) in [6.45, 7) is 1.92. The van der Waals surface area contributed by atoms with Crippen LogP contribution in [0.3, 0.4) is 0 Å². The minimum atomic E-state index is -4.04. The van der Waals surface area contributed by atoms with E-state index in [0.29, 0.717) is 12.2 Å². The Morgan fingerprint density at radius 2 is 1.86 bits per heavy atom. The van der Waals surface area contributed by atoms with Gasteiger partial charge in [-0.3, -0.25) is 13.9 Å². The van der Waals surface area contributed by atoms with E-state index in [9.17, 15) is 22.4 Å². The highest BCUT2D eigenvalue weighted by molar-refractivity contribution is 7.92. The number of sulfonamides is 1. The van der Waals surface area contributed by atoms with Crippen molar-refractivity contribution in [2.24, 2.45) is 0 Å². The second kappa shape index (κ2) is 7.14. The van der Waals surface area contributed by atoms with E-state index in [4.69, 9.17) is 0 Å². The van der Waals surface area contributed by atoms with Gasteiger partial charge in [-0.05, 0) is 48.7 Å². The molecule has 4 rings (SSSR count). The second-order valence-corrected chi connectivity index (χ2v) is 8.96. The van der Waals surface area contributed by atoms with Crippen LogP contribution in [0, 0.1) is 5.82 Å². The maximum absolute atomic E-state index is 13.7. The van der Waals surface area contributed by atoms with Crippen LogP contribution in [0.25, 0.3) is 0 Å². The number of carbonyl (C=O) groups is 2. The summed E-state index contributed by atoms with van der Waals surface area (Å²) in [5, 5.41) is 2.55. The number of anilines is 3. The molecule has 0 aromatic heterocycles. The summed E-state index contributed by atoms with van der Waals surface area (Å²) in [6, 6.07) is 8.35. The smallest absolute Gasteiger partial charge is 0.264 e. The Morgan fingerprint density at radius 1 is 1.07 bits per heavy atom. The van der Waals surface area contributed by atoms with Crippen molar-refractivity contribution >= 4 is 38.9 Å². The molecule has 0 unspecified atom stereocenters. The molecule has 2 heterocycles. The monoisotopic (exact) mass is 417 g/mol. The predicted molar refractivity (Wildman–Crippen MR) is 107 cm³/mol. The number of amides is 2. The summed E-state index contributed by atoms with van der Waals surface area (Å²) in [5.41, 5.74) is 1.83. The molecule has 2 aromatic carbocycles. The Kier molecular flexibility index (Phi) is 4.77. The van der Waals surface area contributed by atoms with Gasteiger partial charge in [0.05, 0.1) is 16.3 Å². The number of fused-ring (bicyclic) bond motifs is 2. The van der Waals surface area contributed by atoms with Gasteiger partial charge in [0, 0.05) is 32.1 Å². The van der Waals surface area contributed by atoms with Crippen LogP contribution in [-0.2, 0) is 26.0 Å². The summed E-state index contributed by atoms with van der Waals surface area (Å²) in [5.74, 6) is -1.11. The van der Waals surface area contributed by atoms with Gasteiger partial charge in [0.15, 0.2) is 0 Å². The van der Waals surface area contributed by atoms with Gasteiger partial charge in [-0.2, -0.15) is 0 Å². The van der Waals surface area contributed by atoms with Crippen molar-refractivity contribution < 1.29 is 22.4 Å². The van der Waals surface area contributed by atoms with Gasteiger partial charge in [-0.25, -0.2) is 12.8 Å². The molecule has 0 atom stereocenters. The predicted octanol–water partition coefficient (Wildman–Crippen LogP) is 2.66. The van der Waals surface area contributed by atoms with Crippen molar-refractivity contribution in [3.05, 3.63) is 47.8 Å². The fourth-order valence-corrected chi connectivity index (χ4v) is 5.29. The zero-order chi connectivity index (χ0) is 20.8. The van der Waals surface area contributed by atoms with Crippen LogP contribution in [0.15, 0.2) is 41.3 Å². The maximum atomic E-state index is 13.7. The van der Waals surface area contributed by atoms with E-state index in [2.05, 4.69) is 5.32 Å². The number of aryl methyl sites for hydroxylation is 1. The number of nitrogens with one attached hydrogen (secondary N) is 1. The molecule has 152 valence electrons. The van der Waals surface area contributed by atoms with Gasteiger partial charge in [-0.1, -0.05) is 6.07 Å². The molecule has 0 saturated carbocycles. The first kappa shape index (κ1) is 19.4. The first-order valence-electron chi connectivity index (χ1n) is 9.30. The number of benzene rings is 2. The average molecular weight is 417 g/mol. The van der Waals surface area contributed by atoms with Crippen molar-refractivity contribution in [2.45, 2.75) is 31.1 Å². The molecule has 2 aromatic rings. The van der Waals surface area contributed by atoms with Crippen LogP contribution >= 0.6 is 0 Å². The van der Waals surface area contributed by atoms with Crippen molar-refractivity contribution in [3.63, 3.8) is 0 Å². The van der Waals surface area contributed by atoms with Gasteiger partial charge < -0.3 is 10.2 Å². The van der Waals surface area contributed by atoms with Gasteiger partial charge >= 0.3 is 0 Å². The van der Waals surface area contributed by atoms with Crippen LogP contribution in [-0.4, -0.2) is 33.3 Å². The number of hydrogen-bond acceptors (Lipinski definition) is 4. The Bertz CT molecular complexity index is 1120. The molecular weight excluding hydrogens is 397 g/mol. The molecule has 2 aliphatic heterocycles. The largest absolute Gasteiger partial charge is 0.324 e. The van der Waals surface area contributed by atoms with Gasteiger partial charge in [0.1, 0.15) is 5.82 Å². The van der Waals surface area contributed by atoms with Gasteiger partial charge in [-0.15, -0.1) is 0 Å². The molecule has 1 N–H and O–H groups in total. The Hall–Kier alpha value is -2.94. The zero-order valence-corrected chi connectivity index (χ0v) is 16.6. The molecule has 2 aliphatic rings. The normalized spacial score (nSPS) is 16.6. The van der Waals surface area contributed by atoms with E-state index in [0.717, 1.165) is 34.8 Å². The van der Waals surface area contributed by atoms with Crippen molar-refractivity contribution in [3.8, 4) is 0 Å². The SMILES string of the molecule is CC(=O)N1CCCc2ccc(S(=O)(=O)N3CCC(=O)Nc4cc(F)ccc43)cc21. The molecule has 0 fully saturated rings. The lowest BCUT2D eigenvalue weighted by molar-refractivity contribution is -0.117. The number of rotatable bonds is 2. The summed E-state index contributed by atoms with van der Waals surface area (Å²) >= 11 is 0. The molecule has 7 nitrogen and oxygen atoms in total. The Labute approximate surface area is 168 Å². The second-order valence-electron chi connectivity index (χ2n) is 7.10. The third-order valence-electron chi connectivity index (χ3n) is 5.19. The molecular formula is C20H20FN3O4S. The third kappa shape index (κ3) is 3.46.